The van der Waals surface area contributed by atoms with E-state index in [1.165, 1.54) is 35.0 Å². The minimum atomic E-state index is -0.419. The maximum absolute atomic E-state index is 13.0. The first-order chi connectivity index (χ1) is 12.5. The Morgan fingerprint density at radius 3 is 2.69 bits per heavy atom. The van der Waals surface area contributed by atoms with Gasteiger partial charge in [0.05, 0.1) is 5.69 Å². The molecule has 1 aromatic carbocycles. The molecule has 0 aliphatic heterocycles. The summed E-state index contributed by atoms with van der Waals surface area (Å²) in [6.45, 7) is 3.76. The Morgan fingerprint density at radius 2 is 2.00 bits per heavy atom. The number of carbonyl (C=O) groups excluding carboxylic acids is 1. The first kappa shape index (κ1) is 17.5. The van der Waals surface area contributed by atoms with Crippen LogP contribution < -0.4 is 10.9 Å². The molecule has 0 spiro atoms. The van der Waals surface area contributed by atoms with Gasteiger partial charge in [-0.3, -0.25) is 14.6 Å². The fourth-order valence-corrected chi connectivity index (χ4v) is 2.52. The average Bonchev–Trinajstić information content (AvgIpc) is 2.95. The van der Waals surface area contributed by atoms with Crippen molar-refractivity contribution in [2.75, 3.05) is 5.32 Å². The van der Waals surface area contributed by atoms with Crippen LogP contribution in [-0.4, -0.2) is 25.7 Å². The lowest BCUT2D eigenvalue weighted by atomic mass is 10.2. The summed E-state index contributed by atoms with van der Waals surface area (Å²) in [4.78, 5) is 31.3. The molecule has 1 amide bonds. The van der Waals surface area contributed by atoms with Gasteiger partial charge in [-0.05, 0) is 37.6 Å². The van der Waals surface area contributed by atoms with Gasteiger partial charge in [0.15, 0.2) is 0 Å². The van der Waals surface area contributed by atoms with Crippen molar-refractivity contribution in [1.29, 1.82) is 0 Å². The van der Waals surface area contributed by atoms with Crippen molar-refractivity contribution in [3.63, 3.8) is 0 Å². The first-order valence-electron chi connectivity index (χ1n) is 8.20. The quantitative estimate of drug-likeness (QED) is 0.736. The summed E-state index contributed by atoms with van der Waals surface area (Å²) < 4.78 is 14.4. The number of carbonyl (C=O) groups is 1. The summed E-state index contributed by atoms with van der Waals surface area (Å²) in [5, 5.41) is 7.01. The van der Waals surface area contributed by atoms with E-state index < -0.39 is 11.7 Å². The number of nitrogens with zero attached hydrogens (tertiary/aromatic N) is 3. The SMILES string of the molecule is CCCc1cc(=O)[nH]c(-n2nc(C)cc2NC(=O)c2ccc(F)cc2)n1. The maximum Gasteiger partial charge on any atom is 0.256 e. The standard InChI is InChI=1S/C18H18FN5O2/c1-3-4-14-10-16(25)22-18(20-14)24-15(9-11(2)23-24)21-17(26)12-5-7-13(19)8-6-12/h5-10H,3-4H2,1-2H3,(H,21,26)(H,20,22,25). The molecule has 0 saturated carbocycles. The number of nitrogens with one attached hydrogen (secondary N) is 2. The molecule has 0 aliphatic rings. The molecular formula is C18H18FN5O2. The molecule has 7 nitrogen and oxygen atoms in total. The molecule has 0 atom stereocenters. The van der Waals surface area contributed by atoms with Crippen LogP contribution in [-0.2, 0) is 6.42 Å². The molecule has 3 aromatic rings. The summed E-state index contributed by atoms with van der Waals surface area (Å²) >= 11 is 0. The molecule has 0 aliphatic carbocycles. The Labute approximate surface area is 148 Å². The normalized spacial score (nSPS) is 10.7. The van der Waals surface area contributed by atoms with Crippen LogP contribution in [0.4, 0.5) is 10.2 Å². The van der Waals surface area contributed by atoms with Crippen molar-refractivity contribution < 1.29 is 9.18 Å². The number of amides is 1. The number of hydrogen-bond acceptors (Lipinski definition) is 4. The van der Waals surface area contributed by atoms with E-state index in [0.717, 1.165) is 6.42 Å². The van der Waals surface area contributed by atoms with Gasteiger partial charge in [-0.2, -0.15) is 9.78 Å². The van der Waals surface area contributed by atoms with E-state index in [1.54, 1.807) is 13.0 Å². The molecule has 0 radical (unpaired) electrons. The van der Waals surface area contributed by atoms with E-state index in [4.69, 9.17) is 0 Å². The summed E-state index contributed by atoms with van der Waals surface area (Å²) in [5.41, 5.74) is 1.30. The van der Waals surface area contributed by atoms with Crippen LogP contribution in [0.5, 0.6) is 0 Å². The zero-order chi connectivity index (χ0) is 18.7. The molecule has 2 N–H and O–H groups in total. The van der Waals surface area contributed by atoms with Crippen molar-refractivity contribution in [1.82, 2.24) is 19.7 Å². The van der Waals surface area contributed by atoms with Crippen molar-refractivity contribution in [3.8, 4) is 5.95 Å². The summed E-state index contributed by atoms with van der Waals surface area (Å²) in [6, 6.07) is 8.31. The predicted octanol–water partition coefficient (Wildman–Crippen LogP) is 2.61. The highest BCUT2D eigenvalue weighted by Gasteiger charge is 2.14. The molecular weight excluding hydrogens is 337 g/mol. The van der Waals surface area contributed by atoms with E-state index in [2.05, 4.69) is 20.4 Å². The maximum atomic E-state index is 13.0. The van der Waals surface area contributed by atoms with Crippen LogP contribution >= 0.6 is 0 Å². The van der Waals surface area contributed by atoms with E-state index in [-0.39, 0.29) is 11.5 Å². The highest BCUT2D eigenvalue weighted by Crippen LogP contribution is 2.16. The number of rotatable bonds is 5. The van der Waals surface area contributed by atoms with E-state index in [9.17, 15) is 14.0 Å². The molecule has 3 rings (SSSR count). The molecule has 0 unspecified atom stereocenters. The Morgan fingerprint density at radius 1 is 1.27 bits per heavy atom. The Bertz CT molecular complexity index is 992. The van der Waals surface area contributed by atoms with Gasteiger partial charge in [-0.15, -0.1) is 0 Å². The molecule has 134 valence electrons. The fraction of sp³-hybridized carbons (Fsp3) is 0.222. The number of halogens is 1. The lowest BCUT2D eigenvalue weighted by Gasteiger charge is -2.09. The minimum Gasteiger partial charge on any atom is -0.306 e. The number of aromatic amines is 1. The fourth-order valence-electron chi connectivity index (χ4n) is 2.52. The number of benzene rings is 1. The molecule has 8 heteroatoms. The van der Waals surface area contributed by atoms with Gasteiger partial charge in [-0.25, -0.2) is 9.37 Å². The summed E-state index contributed by atoms with van der Waals surface area (Å²) in [5.74, 6) is -0.257. The first-order valence-corrected chi connectivity index (χ1v) is 8.20. The Kier molecular flexibility index (Phi) is 4.92. The molecule has 2 heterocycles. The third-order valence-electron chi connectivity index (χ3n) is 3.67. The summed E-state index contributed by atoms with van der Waals surface area (Å²) in [6.07, 6.45) is 1.51. The van der Waals surface area contributed by atoms with Crippen molar-refractivity contribution in [2.45, 2.75) is 26.7 Å². The largest absolute Gasteiger partial charge is 0.306 e. The monoisotopic (exact) mass is 355 g/mol. The molecule has 0 saturated heterocycles. The van der Waals surface area contributed by atoms with E-state index >= 15 is 0 Å². The smallest absolute Gasteiger partial charge is 0.256 e. The second-order valence-corrected chi connectivity index (χ2v) is 5.85. The van der Waals surface area contributed by atoms with Crippen LogP contribution in [0.3, 0.4) is 0 Å². The van der Waals surface area contributed by atoms with E-state index in [1.807, 2.05) is 6.92 Å². The van der Waals surface area contributed by atoms with Crippen LogP contribution in [0, 0.1) is 12.7 Å². The highest BCUT2D eigenvalue weighted by molar-refractivity contribution is 6.03. The van der Waals surface area contributed by atoms with Crippen molar-refractivity contribution in [2.24, 2.45) is 0 Å². The van der Waals surface area contributed by atoms with Gasteiger partial charge in [0.2, 0.25) is 5.95 Å². The van der Waals surface area contributed by atoms with Gasteiger partial charge >= 0.3 is 0 Å². The Balaban J connectivity index is 1.95. The van der Waals surface area contributed by atoms with Crippen molar-refractivity contribution >= 4 is 11.7 Å². The third kappa shape index (κ3) is 3.85. The second-order valence-electron chi connectivity index (χ2n) is 5.85. The minimum absolute atomic E-state index is 0.225. The summed E-state index contributed by atoms with van der Waals surface area (Å²) in [7, 11) is 0. The molecule has 0 fully saturated rings. The molecule has 26 heavy (non-hydrogen) atoms. The van der Waals surface area contributed by atoms with Gasteiger partial charge in [0.25, 0.3) is 11.5 Å². The number of hydrogen-bond donors (Lipinski definition) is 2. The zero-order valence-electron chi connectivity index (χ0n) is 14.4. The number of H-pyrrole nitrogens is 1. The average molecular weight is 355 g/mol. The van der Waals surface area contributed by atoms with Crippen LogP contribution in [0.1, 0.15) is 35.1 Å². The second kappa shape index (κ2) is 7.30. The highest BCUT2D eigenvalue weighted by atomic mass is 19.1. The van der Waals surface area contributed by atoms with Crippen LogP contribution in [0.2, 0.25) is 0 Å². The zero-order valence-corrected chi connectivity index (χ0v) is 14.4. The van der Waals surface area contributed by atoms with Crippen LogP contribution in [0.25, 0.3) is 5.95 Å². The Hall–Kier alpha value is -3.29. The van der Waals surface area contributed by atoms with Gasteiger partial charge in [0.1, 0.15) is 11.6 Å². The molecule has 2 aromatic heterocycles. The van der Waals surface area contributed by atoms with Gasteiger partial charge in [-0.1, -0.05) is 13.3 Å². The lowest BCUT2D eigenvalue weighted by Crippen LogP contribution is -2.19. The third-order valence-corrected chi connectivity index (χ3v) is 3.67. The lowest BCUT2D eigenvalue weighted by molar-refractivity contribution is 0.102. The number of aryl methyl sites for hydroxylation is 2. The number of aromatic nitrogens is 4. The van der Waals surface area contributed by atoms with Crippen molar-refractivity contribution in [3.05, 3.63) is 69.5 Å². The van der Waals surface area contributed by atoms with E-state index in [0.29, 0.717) is 29.2 Å². The topological polar surface area (TPSA) is 92.7 Å². The van der Waals surface area contributed by atoms with Gasteiger partial charge < -0.3 is 5.32 Å². The van der Waals surface area contributed by atoms with Gasteiger partial charge in [0, 0.05) is 23.4 Å². The molecule has 0 bridgehead atoms. The predicted molar refractivity (Wildman–Crippen MR) is 95.1 cm³/mol. The number of anilines is 1. The van der Waals surface area contributed by atoms with Crippen LogP contribution in [0.15, 0.2) is 41.2 Å².